The van der Waals surface area contributed by atoms with Crippen LogP contribution in [0.1, 0.15) is 12.1 Å². The van der Waals surface area contributed by atoms with Gasteiger partial charge in [0.1, 0.15) is 6.04 Å². The monoisotopic (exact) mass is 211 g/mol. The largest absolute Gasteiger partial charge is 0.349 e. The number of nitrogens with one attached hydrogen (secondary N) is 2. The molecule has 1 unspecified atom stereocenters. The van der Waals surface area contributed by atoms with Crippen molar-refractivity contribution in [3.63, 3.8) is 0 Å². The number of carbonyl (C=O) groups is 2. The maximum atomic E-state index is 11.2. The van der Waals surface area contributed by atoms with Gasteiger partial charge in [0.25, 0.3) is 0 Å². The van der Waals surface area contributed by atoms with Gasteiger partial charge in [-0.25, -0.2) is 4.98 Å². The zero-order chi connectivity index (χ0) is 10.1. The number of amides is 2. The van der Waals surface area contributed by atoms with Crippen LogP contribution in [0.15, 0.2) is 5.38 Å². The molecule has 2 heterocycles. The summed E-state index contributed by atoms with van der Waals surface area (Å²) in [5.74, 6) is -0.511. The van der Waals surface area contributed by atoms with Crippen LogP contribution < -0.4 is 10.6 Å². The average Bonchev–Trinajstić information content (AvgIpc) is 2.61. The van der Waals surface area contributed by atoms with Crippen LogP contribution in [0.4, 0.5) is 5.13 Å². The summed E-state index contributed by atoms with van der Waals surface area (Å²) in [6.45, 7) is 1.88. The standard InChI is InChI=1S/C8H9N3O2S/c1-4-3-14-8(9-4)10-5-2-6(12)11-7(5)13/h3,5H,2H2,1H3,(H,9,10)(H,11,12,13). The molecule has 2 N–H and O–H groups in total. The minimum atomic E-state index is -0.465. The van der Waals surface area contributed by atoms with Gasteiger partial charge in [0.05, 0.1) is 12.1 Å². The van der Waals surface area contributed by atoms with E-state index in [0.717, 1.165) is 5.69 Å². The van der Waals surface area contributed by atoms with Gasteiger partial charge < -0.3 is 5.32 Å². The quantitative estimate of drug-likeness (QED) is 0.689. The first-order valence-electron chi connectivity index (χ1n) is 4.17. The van der Waals surface area contributed by atoms with E-state index < -0.39 is 6.04 Å². The molecule has 14 heavy (non-hydrogen) atoms. The number of aromatic nitrogens is 1. The zero-order valence-electron chi connectivity index (χ0n) is 7.53. The van der Waals surface area contributed by atoms with Gasteiger partial charge in [-0.1, -0.05) is 0 Å². The molecule has 0 aliphatic carbocycles. The van der Waals surface area contributed by atoms with Gasteiger partial charge in [-0.3, -0.25) is 14.9 Å². The molecule has 1 aromatic rings. The van der Waals surface area contributed by atoms with Crippen LogP contribution in [-0.4, -0.2) is 22.8 Å². The Hall–Kier alpha value is -1.43. The maximum absolute atomic E-state index is 11.2. The molecular formula is C8H9N3O2S. The molecule has 1 saturated heterocycles. The summed E-state index contributed by atoms with van der Waals surface area (Å²) in [6, 6.07) is -0.465. The van der Waals surface area contributed by atoms with Crippen molar-refractivity contribution in [2.24, 2.45) is 0 Å². The van der Waals surface area contributed by atoms with E-state index >= 15 is 0 Å². The highest BCUT2D eigenvalue weighted by molar-refractivity contribution is 7.13. The van der Waals surface area contributed by atoms with Gasteiger partial charge in [-0.15, -0.1) is 11.3 Å². The Kier molecular flexibility index (Phi) is 2.20. The Morgan fingerprint density at radius 3 is 2.93 bits per heavy atom. The van der Waals surface area contributed by atoms with Crippen molar-refractivity contribution >= 4 is 28.3 Å². The molecule has 2 rings (SSSR count). The highest BCUT2D eigenvalue weighted by atomic mass is 32.1. The van der Waals surface area contributed by atoms with Gasteiger partial charge in [0.2, 0.25) is 11.8 Å². The molecule has 1 fully saturated rings. The van der Waals surface area contributed by atoms with Crippen LogP contribution in [0.3, 0.4) is 0 Å². The van der Waals surface area contributed by atoms with E-state index in [1.807, 2.05) is 12.3 Å². The second-order valence-corrected chi connectivity index (χ2v) is 3.97. The second kappa shape index (κ2) is 3.38. The molecule has 0 saturated carbocycles. The van der Waals surface area contributed by atoms with Crippen LogP contribution in [0.25, 0.3) is 0 Å². The normalized spacial score (nSPS) is 21.1. The lowest BCUT2D eigenvalue weighted by molar-refractivity contribution is -0.124. The Balaban J connectivity index is 2.05. The molecule has 1 aliphatic rings. The molecule has 5 nitrogen and oxygen atoms in total. The van der Waals surface area contributed by atoms with Crippen LogP contribution in [0, 0.1) is 6.92 Å². The van der Waals surface area contributed by atoms with Crippen LogP contribution >= 0.6 is 11.3 Å². The number of hydrogen-bond acceptors (Lipinski definition) is 5. The van der Waals surface area contributed by atoms with E-state index in [1.54, 1.807) is 0 Å². The molecule has 2 amide bonds. The summed E-state index contributed by atoms with van der Waals surface area (Å²) < 4.78 is 0. The molecule has 74 valence electrons. The fourth-order valence-corrected chi connectivity index (χ4v) is 1.98. The predicted octanol–water partition coefficient (Wildman–Crippen LogP) is 0.279. The van der Waals surface area contributed by atoms with Crippen molar-refractivity contribution in [1.82, 2.24) is 10.3 Å². The third kappa shape index (κ3) is 1.74. The number of anilines is 1. The fraction of sp³-hybridized carbons (Fsp3) is 0.375. The number of thiazole rings is 1. The van der Waals surface area contributed by atoms with E-state index in [4.69, 9.17) is 0 Å². The van der Waals surface area contributed by atoms with Gasteiger partial charge >= 0.3 is 0 Å². The smallest absolute Gasteiger partial charge is 0.249 e. The summed E-state index contributed by atoms with van der Waals surface area (Å²) in [6.07, 6.45) is 0.192. The zero-order valence-corrected chi connectivity index (χ0v) is 8.35. The Morgan fingerprint density at radius 1 is 1.64 bits per heavy atom. The summed E-state index contributed by atoms with van der Waals surface area (Å²) in [7, 11) is 0. The third-order valence-corrected chi connectivity index (χ3v) is 2.78. The molecular weight excluding hydrogens is 202 g/mol. The van der Waals surface area contributed by atoms with Gasteiger partial charge in [-0.05, 0) is 6.92 Å². The molecule has 1 aromatic heterocycles. The van der Waals surface area contributed by atoms with Crippen molar-refractivity contribution in [3.05, 3.63) is 11.1 Å². The molecule has 0 spiro atoms. The Morgan fingerprint density at radius 2 is 2.43 bits per heavy atom. The lowest BCUT2D eigenvalue weighted by Gasteiger charge is -2.05. The van der Waals surface area contributed by atoms with Gasteiger partial charge in [0, 0.05) is 5.38 Å². The molecule has 1 aliphatic heterocycles. The minimum Gasteiger partial charge on any atom is -0.349 e. The molecule has 0 radical (unpaired) electrons. The van der Waals surface area contributed by atoms with Gasteiger partial charge in [-0.2, -0.15) is 0 Å². The van der Waals surface area contributed by atoms with Crippen molar-refractivity contribution in [2.45, 2.75) is 19.4 Å². The van der Waals surface area contributed by atoms with E-state index in [-0.39, 0.29) is 18.2 Å². The minimum absolute atomic E-state index is 0.192. The van der Waals surface area contributed by atoms with Crippen molar-refractivity contribution in [1.29, 1.82) is 0 Å². The molecule has 6 heteroatoms. The topological polar surface area (TPSA) is 71.1 Å². The summed E-state index contributed by atoms with van der Waals surface area (Å²) in [5, 5.41) is 7.71. The number of rotatable bonds is 2. The number of hydrogen-bond donors (Lipinski definition) is 2. The first-order chi connectivity index (χ1) is 6.65. The lowest BCUT2D eigenvalue weighted by atomic mass is 10.2. The number of aryl methyl sites for hydroxylation is 1. The predicted molar refractivity (Wildman–Crippen MR) is 52.0 cm³/mol. The van der Waals surface area contributed by atoms with Crippen molar-refractivity contribution < 1.29 is 9.59 Å². The number of imide groups is 1. The van der Waals surface area contributed by atoms with E-state index in [1.165, 1.54) is 11.3 Å². The third-order valence-electron chi connectivity index (χ3n) is 1.89. The van der Waals surface area contributed by atoms with Crippen LogP contribution in [0.5, 0.6) is 0 Å². The second-order valence-electron chi connectivity index (χ2n) is 3.11. The van der Waals surface area contributed by atoms with E-state index in [2.05, 4.69) is 15.6 Å². The Labute approximate surface area is 84.5 Å². The Bertz CT molecular complexity index is 388. The van der Waals surface area contributed by atoms with Crippen molar-refractivity contribution in [2.75, 3.05) is 5.32 Å². The maximum Gasteiger partial charge on any atom is 0.249 e. The van der Waals surface area contributed by atoms with Crippen LogP contribution in [-0.2, 0) is 9.59 Å². The summed E-state index contributed by atoms with van der Waals surface area (Å²) in [5.41, 5.74) is 0.905. The van der Waals surface area contributed by atoms with Gasteiger partial charge in [0.15, 0.2) is 5.13 Å². The molecule has 0 aromatic carbocycles. The first-order valence-corrected chi connectivity index (χ1v) is 5.05. The number of carbonyl (C=O) groups excluding carboxylic acids is 2. The first kappa shape index (κ1) is 9.14. The molecule has 0 bridgehead atoms. The SMILES string of the molecule is Cc1csc(NC2CC(=O)NC2=O)n1. The summed E-state index contributed by atoms with van der Waals surface area (Å²) in [4.78, 5) is 26.2. The lowest BCUT2D eigenvalue weighted by Crippen LogP contribution is -2.29. The number of nitrogens with zero attached hydrogens (tertiary/aromatic N) is 1. The average molecular weight is 211 g/mol. The fourth-order valence-electron chi connectivity index (χ4n) is 1.24. The highest BCUT2D eigenvalue weighted by Gasteiger charge is 2.30. The van der Waals surface area contributed by atoms with E-state index in [9.17, 15) is 9.59 Å². The van der Waals surface area contributed by atoms with Crippen molar-refractivity contribution in [3.8, 4) is 0 Å². The molecule has 1 atom stereocenters. The highest BCUT2D eigenvalue weighted by Crippen LogP contribution is 2.17. The van der Waals surface area contributed by atoms with E-state index in [0.29, 0.717) is 5.13 Å². The summed E-state index contributed by atoms with van der Waals surface area (Å²) >= 11 is 1.43. The van der Waals surface area contributed by atoms with Crippen LogP contribution in [0.2, 0.25) is 0 Å².